The molecule has 1 aromatic rings. The molecule has 1 aromatic carbocycles. The molecule has 0 radical (unpaired) electrons. The lowest BCUT2D eigenvalue weighted by Gasteiger charge is -2.08. The van der Waals surface area contributed by atoms with Crippen LogP contribution in [0.2, 0.25) is 0 Å². The molecule has 0 bridgehead atoms. The van der Waals surface area contributed by atoms with Crippen molar-refractivity contribution in [1.82, 2.24) is 0 Å². The number of carbonyl (C=O) groups excluding carboxylic acids is 1. The van der Waals surface area contributed by atoms with Gasteiger partial charge in [-0.2, -0.15) is 0 Å². The number of anilines is 1. The van der Waals surface area contributed by atoms with Crippen LogP contribution in [0.4, 0.5) is 5.69 Å². The number of benzene rings is 1. The summed E-state index contributed by atoms with van der Waals surface area (Å²) in [6, 6.07) is 5.63. The van der Waals surface area contributed by atoms with Crippen LogP contribution < -0.4 is 5.32 Å². The standard InChI is InChI=1S/C12H13NO.C2H6/c1-4-10-7-6-8-12(11(10)5-2)13-9(3)14;1-2/h4-8H,1-2H2,3H3,(H,13,14);1-2H3. The van der Waals surface area contributed by atoms with E-state index in [4.69, 9.17) is 0 Å². The van der Waals surface area contributed by atoms with Gasteiger partial charge < -0.3 is 5.32 Å². The molecule has 0 aliphatic heterocycles. The molecule has 0 saturated carbocycles. The van der Waals surface area contributed by atoms with Gasteiger partial charge in [-0.15, -0.1) is 0 Å². The van der Waals surface area contributed by atoms with Gasteiger partial charge in [-0.3, -0.25) is 4.79 Å². The van der Waals surface area contributed by atoms with E-state index in [-0.39, 0.29) is 5.91 Å². The minimum absolute atomic E-state index is 0.0886. The zero-order valence-electron chi connectivity index (χ0n) is 10.2. The van der Waals surface area contributed by atoms with Crippen LogP contribution in [0.1, 0.15) is 31.9 Å². The third-order valence-corrected chi connectivity index (χ3v) is 1.87. The Morgan fingerprint density at radius 3 is 2.31 bits per heavy atom. The molecule has 1 rings (SSSR count). The molecule has 2 nitrogen and oxygen atoms in total. The summed E-state index contributed by atoms with van der Waals surface area (Å²) in [6.45, 7) is 12.9. The Kier molecular flexibility index (Phi) is 6.61. The van der Waals surface area contributed by atoms with Gasteiger partial charge in [0.25, 0.3) is 0 Å². The largest absolute Gasteiger partial charge is 0.326 e. The fourth-order valence-electron chi connectivity index (χ4n) is 1.29. The summed E-state index contributed by atoms with van der Waals surface area (Å²) in [6.07, 6.45) is 3.45. The SMILES string of the molecule is C=Cc1cccc(NC(C)=O)c1C=C.CC. The molecule has 0 aliphatic rings. The number of hydrogen-bond donors (Lipinski definition) is 1. The molecule has 0 spiro atoms. The van der Waals surface area contributed by atoms with Crippen molar-refractivity contribution in [3.05, 3.63) is 42.5 Å². The van der Waals surface area contributed by atoms with Gasteiger partial charge in [-0.25, -0.2) is 0 Å². The monoisotopic (exact) mass is 217 g/mol. The highest BCUT2D eigenvalue weighted by molar-refractivity contribution is 5.92. The van der Waals surface area contributed by atoms with E-state index in [1.807, 2.05) is 32.0 Å². The smallest absolute Gasteiger partial charge is 0.221 e. The summed E-state index contributed by atoms with van der Waals surface area (Å²) in [7, 11) is 0. The number of hydrogen-bond acceptors (Lipinski definition) is 1. The summed E-state index contributed by atoms with van der Waals surface area (Å²) >= 11 is 0. The molecule has 0 heterocycles. The van der Waals surface area contributed by atoms with Crippen molar-refractivity contribution in [1.29, 1.82) is 0 Å². The van der Waals surface area contributed by atoms with Crippen LogP contribution >= 0.6 is 0 Å². The van der Waals surface area contributed by atoms with Gasteiger partial charge in [0.15, 0.2) is 0 Å². The maximum atomic E-state index is 10.9. The van der Waals surface area contributed by atoms with E-state index in [0.717, 1.165) is 16.8 Å². The first-order valence-electron chi connectivity index (χ1n) is 5.34. The highest BCUT2D eigenvalue weighted by Gasteiger charge is 2.03. The Balaban J connectivity index is 0.00000106. The lowest BCUT2D eigenvalue weighted by atomic mass is 10.1. The van der Waals surface area contributed by atoms with Gasteiger partial charge in [0.1, 0.15) is 0 Å². The van der Waals surface area contributed by atoms with Gasteiger partial charge >= 0.3 is 0 Å². The van der Waals surface area contributed by atoms with Crippen LogP contribution in [0.3, 0.4) is 0 Å². The Labute approximate surface area is 97.7 Å². The fraction of sp³-hybridized carbons (Fsp3) is 0.214. The van der Waals surface area contributed by atoms with Gasteiger partial charge in [-0.05, 0) is 11.6 Å². The molecule has 0 unspecified atom stereocenters. The Morgan fingerprint density at radius 2 is 1.88 bits per heavy atom. The van der Waals surface area contributed by atoms with Crippen LogP contribution in [0, 0.1) is 0 Å². The molecule has 16 heavy (non-hydrogen) atoms. The maximum absolute atomic E-state index is 10.9. The maximum Gasteiger partial charge on any atom is 0.221 e. The van der Waals surface area contributed by atoms with E-state index >= 15 is 0 Å². The van der Waals surface area contributed by atoms with E-state index in [9.17, 15) is 4.79 Å². The van der Waals surface area contributed by atoms with Crippen LogP contribution in [0.5, 0.6) is 0 Å². The highest BCUT2D eigenvalue weighted by atomic mass is 16.1. The lowest BCUT2D eigenvalue weighted by Crippen LogP contribution is -2.07. The number of amides is 1. The summed E-state index contributed by atoms with van der Waals surface area (Å²) in [4.78, 5) is 10.9. The van der Waals surface area contributed by atoms with Crippen molar-refractivity contribution >= 4 is 23.7 Å². The first kappa shape index (κ1) is 14.2. The minimum atomic E-state index is -0.0886. The molecular formula is C14H19NO. The predicted octanol–water partition coefficient (Wildman–Crippen LogP) is 3.96. The van der Waals surface area contributed by atoms with Crippen LogP contribution in [0.25, 0.3) is 12.2 Å². The fourth-order valence-corrected chi connectivity index (χ4v) is 1.29. The van der Waals surface area contributed by atoms with Crippen molar-refractivity contribution in [3.8, 4) is 0 Å². The molecule has 0 aromatic heterocycles. The zero-order valence-corrected chi connectivity index (χ0v) is 10.2. The van der Waals surface area contributed by atoms with Gasteiger partial charge in [0, 0.05) is 18.2 Å². The van der Waals surface area contributed by atoms with Crippen LogP contribution in [-0.2, 0) is 4.79 Å². The van der Waals surface area contributed by atoms with Gasteiger partial charge in [0.05, 0.1) is 0 Å². The molecule has 0 atom stereocenters. The quantitative estimate of drug-likeness (QED) is 0.815. The molecule has 1 amide bonds. The summed E-state index contributed by atoms with van der Waals surface area (Å²) in [5.41, 5.74) is 2.63. The lowest BCUT2D eigenvalue weighted by molar-refractivity contribution is -0.114. The second-order valence-electron chi connectivity index (χ2n) is 2.90. The van der Waals surface area contributed by atoms with E-state index < -0.39 is 0 Å². The molecule has 0 saturated heterocycles. The van der Waals surface area contributed by atoms with Gasteiger partial charge in [0.2, 0.25) is 5.91 Å². The Morgan fingerprint density at radius 1 is 1.25 bits per heavy atom. The van der Waals surface area contributed by atoms with Crippen molar-refractivity contribution in [2.75, 3.05) is 5.32 Å². The van der Waals surface area contributed by atoms with Crippen molar-refractivity contribution < 1.29 is 4.79 Å². The highest BCUT2D eigenvalue weighted by Crippen LogP contribution is 2.21. The Bertz CT molecular complexity index is 380. The van der Waals surface area contributed by atoms with Crippen LogP contribution in [-0.4, -0.2) is 5.91 Å². The molecule has 1 N–H and O–H groups in total. The first-order chi connectivity index (χ1) is 7.69. The van der Waals surface area contributed by atoms with Crippen LogP contribution in [0.15, 0.2) is 31.4 Å². The third-order valence-electron chi connectivity index (χ3n) is 1.87. The predicted molar refractivity (Wildman–Crippen MR) is 72.3 cm³/mol. The molecule has 0 aliphatic carbocycles. The zero-order chi connectivity index (χ0) is 12.6. The van der Waals surface area contributed by atoms with Gasteiger partial charge in [-0.1, -0.05) is 51.3 Å². The van der Waals surface area contributed by atoms with E-state index in [1.54, 1.807) is 12.2 Å². The van der Waals surface area contributed by atoms with Crippen molar-refractivity contribution in [2.24, 2.45) is 0 Å². The second kappa shape index (κ2) is 7.46. The minimum Gasteiger partial charge on any atom is -0.326 e. The van der Waals surface area contributed by atoms with E-state index in [0.29, 0.717) is 0 Å². The normalized spacial score (nSPS) is 8.44. The Hall–Kier alpha value is -1.83. The summed E-state index contributed by atoms with van der Waals surface area (Å²) in [5.74, 6) is -0.0886. The van der Waals surface area contributed by atoms with Crippen molar-refractivity contribution in [2.45, 2.75) is 20.8 Å². The number of rotatable bonds is 3. The molecular weight excluding hydrogens is 198 g/mol. The van der Waals surface area contributed by atoms with Crippen molar-refractivity contribution in [3.63, 3.8) is 0 Å². The first-order valence-corrected chi connectivity index (χ1v) is 5.34. The number of nitrogens with one attached hydrogen (secondary N) is 1. The summed E-state index contributed by atoms with van der Waals surface area (Å²) < 4.78 is 0. The van der Waals surface area contributed by atoms with E-state index in [2.05, 4.69) is 18.5 Å². The molecule has 86 valence electrons. The van der Waals surface area contributed by atoms with E-state index in [1.165, 1.54) is 6.92 Å². The molecule has 2 heteroatoms. The number of carbonyl (C=O) groups is 1. The summed E-state index contributed by atoms with van der Waals surface area (Å²) in [5, 5.41) is 2.74. The molecule has 0 fully saturated rings. The average Bonchev–Trinajstić information content (AvgIpc) is 2.30. The third kappa shape index (κ3) is 3.73. The second-order valence-corrected chi connectivity index (χ2v) is 2.90. The topological polar surface area (TPSA) is 29.1 Å². The average molecular weight is 217 g/mol.